The molecular weight excluding hydrogens is 274 g/mol. The van der Waals surface area contributed by atoms with Crippen molar-refractivity contribution in [3.05, 3.63) is 45.2 Å². The number of aryl methyl sites for hydroxylation is 2. The second kappa shape index (κ2) is 4.68. The Morgan fingerprint density at radius 3 is 2.90 bits per heavy atom. The smallest absolute Gasteiger partial charge is 0.347 e. The molecule has 0 saturated heterocycles. The maximum Gasteiger partial charge on any atom is 0.347 e. The van der Waals surface area contributed by atoms with Crippen molar-refractivity contribution >= 4 is 27.4 Å². The van der Waals surface area contributed by atoms with Crippen molar-refractivity contribution in [1.29, 1.82) is 0 Å². The van der Waals surface area contributed by atoms with Crippen LogP contribution in [-0.4, -0.2) is 19.5 Å². The summed E-state index contributed by atoms with van der Waals surface area (Å²) in [6.45, 7) is 4.31. The maximum atomic E-state index is 11.6. The van der Waals surface area contributed by atoms with E-state index in [1.165, 1.54) is 15.6 Å². The number of hydrogen-bond acceptors (Lipinski definition) is 6. The predicted octanol–water partition coefficient (Wildman–Crippen LogP) is 1.50. The first-order chi connectivity index (χ1) is 9.56. The average Bonchev–Trinajstić information content (AvgIpc) is 2.68. The number of nitrogens with two attached hydrogens (primary N) is 1. The first-order valence-electron chi connectivity index (χ1n) is 6.10. The number of fused-ring (bicyclic) bond motifs is 1. The molecule has 0 bridgehead atoms. The Balaban J connectivity index is 2.10. The van der Waals surface area contributed by atoms with E-state index in [0.717, 1.165) is 15.8 Å². The van der Waals surface area contributed by atoms with Crippen molar-refractivity contribution in [2.45, 2.75) is 20.4 Å². The molecule has 0 spiro atoms. The third kappa shape index (κ3) is 2.05. The maximum absolute atomic E-state index is 11.6. The minimum absolute atomic E-state index is 0.267. The third-order valence-corrected chi connectivity index (χ3v) is 4.30. The number of nitrogen functional groups attached to an aromatic ring is 1. The van der Waals surface area contributed by atoms with Gasteiger partial charge in [0.25, 0.3) is 0 Å². The molecular formula is C13H13N5OS. The van der Waals surface area contributed by atoms with Crippen LogP contribution in [0.5, 0.6) is 0 Å². The van der Waals surface area contributed by atoms with Crippen LogP contribution in [0.25, 0.3) is 10.2 Å². The number of rotatable bonds is 2. The van der Waals surface area contributed by atoms with Gasteiger partial charge in [0.1, 0.15) is 10.6 Å². The molecule has 0 radical (unpaired) electrons. The number of nitrogens with zero attached hydrogens (tertiary/aromatic N) is 4. The fourth-order valence-corrected chi connectivity index (χ4v) is 3.11. The lowest BCUT2D eigenvalue weighted by molar-refractivity contribution is 0.695. The molecule has 0 aliphatic heterocycles. The molecule has 2 N–H and O–H groups in total. The van der Waals surface area contributed by atoms with Crippen LogP contribution < -0.4 is 11.4 Å². The number of thiophene rings is 1. The van der Waals surface area contributed by atoms with Crippen LogP contribution in [0, 0.1) is 13.8 Å². The SMILES string of the molecule is Cc1sc2nc(Cn3cccnc3=O)nc(N)c2c1C. The second-order valence-corrected chi connectivity index (χ2v) is 5.72. The van der Waals surface area contributed by atoms with Crippen LogP contribution in [0.3, 0.4) is 0 Å². The second-order valence-electron chi connectivity index (χ2n) is 4.52. The van der Waals surface area contributed by atoms with Crippen LogP contribution >= 0.6 is 11.3 Å². The van der Waals surface area contributed by atoms with Gasteiger partial charge in [-0.05, 0) is 25.5 Å². The lowest BCUT2D eigenvalue weighted by atomic mass is 10.2. The van der Waals surface area contributed by atoms with Gasteiger partial charge in [-0.2, -0.15) is 0 Å². The molecule has 7 heteroatoms. The predicted molar refractivity (Wildman–Crippen MR) is 78.9 cm³/mol. The quantitative estimate of drug-likeness (QED) is 0.771. The Hall–Kier alpha value is -2.28. The fourth-order valence-electron chi connectivity index (χ4n) is 2.06. The molecule has 0 amide bonds. The molecule has 0 aliphatic rings. The van der Waals surface area contributed by atoms with Crippen molar-refractivity contribution in [1.82, 2.24) is 19.5 Å². The molecule has 3 heterocycles. The summed E-state index contributed by atoms with van der Waals surface area (Å²) in [5.74, 6) is 0.982. The Labute approximate surface area is 118 Å². The van der Waals surface area contributed by atoms with Gasteiger partial charge in [0.05, 0.1) is 11.9 Å². The van der Waals surface area contributed by atoms with Crippen LogP contribution in [-0.2, 0) is 6.54 Å². The van der Waals surface area contributed by atoms with Crippen molar-refractivity contribution in [2.24, 2.45) is 0 Å². The van der Waals surface area contributed by atoms with Crippen LogP contribution in [0.4, 0.5) is 5.82 Å². The van der Waals surface area contributed by atoms with Gasteiger partial charge in [0, 0.05) is 17.3 Å². The molecule has 0 aromatic carbocycles. The number of aromatic nitrogens is 4. The molecule has 6 nitrogen and oxygen atoms in total. The van der Waals surface area contributed by atoms with Crippen LogP contribution in [0.1, 0.15) is 16.3 Å². The lowest BCUT2D eigenvalue weighted by Gasteiger charge is -2.05. The van der Waals surface area contributed by atoms with E-state index in [2.05, 4.69) is 15.0 Å². The molecule has 0 aliphatic carbocycles. The number of hydrogen-bond donors (Lipinski definition) is 1. The topological polar surface area (TPSA) is 86.7 Å². The summed E-state index contributed by atoms with van der Waals surface area (Å²) < 4.78 is 1.45. The van der Waals surface area contributed by atoms with E-state index in [9.17, 15) is 4.79 Å². The van der Waals surface area contributed by atoms with E-state index >= 15 is 0 Å². The summed E-state index contributed by atoms with van der Waals surface area (Å²) in [7, 11) is 0. The first kappa shape index (κ1) is 12.7. The Kier molecular flexibility index (Phi) is 2.98. The van der Waals surface area contributed by atoms with Gasteiger partial charge >= 0.3 is 5.69 Å². The van der Waals surface area contributed by atoms with Crippen molar-refractivity contribution in [3.8, 4) is 0 Å². The summed E-state index contributed by atoms with van der Waals surface area (Å²) in [5.41, 5.74) is 6.81. The molecule has 102 valence electrons. The van der Waals surface area contributed by atoms with Crippen LogP contribution in [0.15, 0.2) is 23.3 Å². The van der Waals surface area contributed by atoms with Crippen LogP contribution in [0.2, 0.25) is 0 Å². The summed E-state index contributed by atoms with van der Waals surface area (Å²) in [4.78, 5) is 26.1. The standard InChI is InChI=1S/C13H13N5OS/c1-7-8(2)20-12-10(7)11(14)16-9(17-12)6-18-5-3-4-15-13(18)19/h3-5H,6H2,1-2H3,(H2,14,16,17). The van der Waals surface area contributed by atoms with E-state index in [-0.39, 0.29) is 12.2 Å². The van der Waals surface area contributed by atoms with E-state index in [1.54, 1.807) is 23.6 Å². The third-order valence-electron chi connectivity index (χ3n) is 3.20. The summed E-state index contributed by atoms with van der Waals surface area (Å²) in [6, 6.07) is 1.70. The van der Waals surface area contributed by atoms with Gasteiger partial charge in [-0.15, -0.1) is 11.3 Å². The van der Waals surface area contributed by atoms with Gasteiger partial charge in [0.15, 0.2) is 5.82 Å². The molecule has 0 unspecified atom stereocenters. The minimum Gasteiger partial charge on any atom is -0.383 e. The van der Waals surface area contributed by atoms with Gasteiger partial charge in [-0.25, -0.2) is 19.7 Å². The highest BCUT2D eigenvalue weighted by molar-refractivity contribution is 7.18. The molecule has 3 rings (SSSR count). The Morgan fingerprint density at radius 2 is 2.15 bits per heavy atom. The molecule has 3 aromatic rings. The normalized spacial score (nSPS) is 11.1. The largest absolute Gasteiger partial charge is 0.383 e. The summed E-state index contributed by atoms with van der Waals surface area (Å²) >= 11 is 1.59. The highest BCUT2D eigenvalue weighted by Crippen LogP contribution is 2.31. The molecule has 20 heavy (non-hydrogen) atoms. The zero-order valence-electron chi connectivity index (χ0n) is 11.1. The van der Waals surface area contributed by atoms with Crippen molar-refractivity contribution < 1.29 is 0 Å². The summed E-state index contributed by atoms with van der Waals surface area (Å²) in [5, 5.41) is 0.912. The number of anilines is 1. The molecule has 0 saturated carbocycles. The van der Waals surface area contributed by atoms with Gasteiger partial charge in [-0.1, -0.05) is 0 Å². The monoisotopic (exact) mass is 287 g/mol. The fraction of sp³-hybridized carbons (Fsp3) is 0.231. The summed E-state index contributed by atoms with van der Waals surface area (Å²) in [6.07, 6.45) is 3.12. The van der Waals surface area contributed by atoms with Gasteiger partial charge in [-0.3, -0.25) is 4.57 Å². The van der Waals surface area contributed by atoms with Gasteiger partial charge < -0.3 is 5.73 Å². The van der Waals surface area contributed by atoms with E-state index in [0.29, 0.717) is 11.6 Å². The van der Waals surface area contributed by atoms with E-state index in [4.69, 9.17) is 5.73 Å². The molecule has 0 fully saturated rings. The van der Waals surface area contributed by atoms with Crippen molar-refractivity contribution in [2.75, 3.05) is 5.73 Å². The van der Waals surface area contributed by atoms with Crippen molar-refractivity contribution in [3.63, 3.8) is 0 Å². The van der Waals surface area contributed by atoms with E-state index in [1.807, 2.05) is 13.8 Å². The molecule has 3 aromatic heterocycles. The van der Waals surface area contributed by atoms with E-state index < -0.39 is 0 Å². The average molecular weight is 287 g/mol. The highest BCUT2D eigenvalue weighted by Gasteiger charge is 2.13. The first-order valence-corrected chi connectivity index (χ1v) is 6.91. The highest BCUT2D eigenvalue weighted by atomic mass is 32.1. The zero-order valence-corrected chi connectivity index (χ0v) is 11.9. The van der Waals surface area contributed by atoms with Gasteiger partial charge in [0.2, 0.25) is 0 Å². The molecule has 0 atom stereocenters. The lowest BCUT2D eigenvalue weighted by Crippen LogP contribution is -2.23. The Bertz CT molecular complexity index is 852. The minimum atomic E-state index is -0.326. The zero-order chi connectivity index (χ0) is 14.3. The Morgan fingerprint density at radius 1 is 1.35 bits per heavy atom.